The van der Waals surface area contributed by atoms with Crippen LogP contribution in [0.5, 0.6) is 17.2 Å². The lowest BCUT2D eigenvalue weighted by atomic mass is 10.0. The maximum Gasteiger partial charge on any atom is 0.142 e. The molecule has 0 aromatic heterocycles. The minimum Gasteiger partial charge on any atom is -0.491 e. The van der Waals surface area contributed by atoms with Gasteiger partial charge in [0.1, 0.15) is 23.1 Å². The van der Waals surface area contributed by atoms with Crippen LogP contribution in [0.15, 0.2) is 60.3 Å². The highest BCUT2D eigenvalue weighted by Crippen LogP contribution is 2.36. The Labute approximate surface area is 252 Å². The molecule has 6 nitrogen and oxygen atoms in total. The van der Waals surface area contributed by atoms with E-state index in [0.717, 1.165) is 88.9 Å². The zero-order valence-electron chi connectivity index (χ0n) is 26.7. The lowest BCUT2D eigenvalue weighted by Crippen LogP contribution is -2.29. The first kappa shape index (κ1) is 31.0. The monoisotopic (exact) mass is 568 g/mol. The van der Waals surface area contributed by atoms with Crippen molar-refractivity contribution in [1.82, 2.24) is 0 Å². The summed E-state index contributed by atoms with van der Waals surface area (Å²) in [4.78, 5) is 4.60. The summed E-state index contributed by atoms with van der Waals surface area (Å²) in [7, 11) is 2.08. The van der Waals surface area contributed by atoms with Crippen LogP contribution >= 0.6 is 0 Å². The van der Waals surface area contributed by atoms with Gasteiger partial charge in [0.05, 0.1) is 12.3 Å². The minimum atomic E-state index is 0.374. The molecule has 4 rings (SSSR count). The van der Waals surface area contributed by atoms with Crippen molar-refractivity contribution < 1.29 is 9.47 Å². The third-order valence-corrected chi connectivity index (χ3v) is 7.95. The van der Waals surface area contributed by atoms with Crippen LogP contribution in [-0.2, 0) is 0 Å². The van der Waals surface area contributed by atoms with Crippen molar-refractivity contribution in [2.45, 2.75) is 67.7 Å². The summed E-state index contributed by atoms with van der Waals surface area (Å²) in [5.74, 6) is 3.35. The third kappa shape index (κ3) is 7.47. The topological polar surface area (TPSA) is 60.8 Å². The Hall–Kier alpha value is -3.93. The van der Waals surface area contributed by atoms with Crippen LogP contribution in [0, 0.1) is 32.1 Å². The molecule has 0 amide bonds. The summed E-state index contributed by atoms with van der Waals surface area (Å²) in [6.45, 7) is 17.7. The SMILES string of the molecule is CCCCN1CC(C)COc2cc(C)c(C(=N)Nc3ccc(Oc4ccc(N(C)/C=C(\C)CC)c(C)c4)c(C)c3)cc21. The number of amidine groups is 1. The van der Waals surface area contributed by atoms with Crippen molar-refractivity contribution in [2.75, 3.05) is 41.9 Å². The lowest BCUT2D eigenvalue weighted by molar-refractivity contribution is 0.273. The van der Waals surface area contributed by atoms with E-state index in [1.807, 2.05) is 38.1 Å². The summed E-state index contributed by atoms with van der Waals surface area (Å²) in [5.41, 5.74) is 8.51. The van der Waals surface area contributed by atoms with Crippen LogP contribution in [0.3, 0.4) is 0 Å². The molecule has 1 heterocycles. The number of fused-ring (bicyclic) bond motifs is 1. The fourth-order valence-electron chi connectivity index (χ4n) is 5.38. The molecule has 1 aliphatic rings. The van der Waals surface area contributed by atoms with Crippen molar-refractivity contribution in [3.63, 3.8) is 0 Å². The number of ether oxygens (including phenoxy) is 2. The van der Waals surface area contributed by atoms with Gasteiger partial charge in [-0.2, -0.15) is 0 Å². The van der Waals surface area contributed by atoms with Crippen molar-refractivity contribution >= 4 is 22.9 Å². The molecule has 6 heteroatoms. The van der Waals surface area contributed by atoms with Gasteiger partial charge in [0.25, 0.3) is 0 Å². The van der Waals surface area contributed by atoms with E-state index in [2.05, 4.69) is 87.2 Å². The van der Waals surface area contributed by atoms with Crippen molar-refractivity contribution in [2.24, 2.45) is 5.92 Å². The van der Waals surface area contributed by atoms with Gasteiger partial charge in [-0.3, -0.25) is 5.41 Å². The molecule has 0 saturated heterocycles. The van der Waals surface area contributed by atoms with Gasteiger partial charge in [-0.15, -0.1) is 0 Å². The van der Waals surface area contributed by atoms with Gasteiger partial charge in [-0.05, 0) is 106 Å². The number of hydrogen-bond acceptors (Lipinski definition) is 5. The maximum atomic E-state index is 8.95. The molecular weight excluding hydrogens is 520 g/mol. The van der Waals surface area contributed by atoms with Crippen LogP contribution < -0.4 is 24.6 Å². The molecule has 3 aromatic rings. The second kappa shape index (κ2) is 13.8. The molecule has 1 unspecified atom stereocenters. The van der Waals surface area contributed by atoms with E-state index in [-0.39, 0.29) is 0 Å². The highest BCUT2D eigenvalue weighted by Gasteiger charge is 2.23. The van der Waals surface area contributed by atoms with Crippen LogP contribution in [0.4, 0.5) is 17.1 Å². The first-order valence-electron chi connectivity index (χ1n) is 15.3. The molecule has 1 aliphatic heterocycles. The Morgan fingerprint density at radius 3 is 2.55 bits per heavy atom. The first-order chi connectivity index (χ1) is 20.1. The maximum absolute atomic E-state index is 8.95. The Kier molecular flexibility index (Phi) is 10.2. The standard InChI is InChI=1S/C36H48N4O2/c1-9-11-16-40-22-25(4)23-41-35-19-26(5)31(20-33(35)40)36(37)38-29-12-15-34(28(7)17-29)42-30-13-14-32(27(6)18-30)39(8)21-24(3)10-2/h12-15,17-21,25H,9-11,16,22-23H2,1-8H3,(H2,37,38)/b24-21+. The van der Waals surface area contributed by atoms with Crippen LogP contribution in [0.25, 0.3) is 0 Å². The van der Waals surface area contributed by atoms with Gasteiger partial charge in [-0.1, -0.05) is 32.8 Å². The molecule has 224 valence electrons. The van der Waals surface area contributed by atoms with E-state index in [9.17, 15) is 0 Å². The summed E-state index contributed by atoms with van der Waals surface area (Å²) < 4.78 is 12.5. The zero-order valence-corrected chi connectivity index (χ0v) is 26.7. The first-order valence-corrected chi connectivity index (χ1v) is 15.3. The van der Waals surface area contributed by atoms with Gasteiger partial charge in [0.15, 0.2) is 0 Å². The molecule has 2 N–H and O–H groups in total. The summed E-state index contributed by atoms with van der Waals surface area (Å²) in [6, 6.07) is 16.4. The molecule has 0 spiro atoms. The number of nitrogens with one attached hydrogen (secondary N) is 2. The Morgan fingerprint density at radius 1 is 1.07 bits per heavy atom. The number of allylic oxidation sites excluding steroid dienone is 1. The number of benzene rings is 3. The Balaban J connectivity index is 1.49. The van der Waals surface area contributed by atoms with Crippen LogP contribution in [-0.4, -0.2) is 32.6 Å². The molecule has 0 radical (unpaired) electrons. The smallest absolute Gasteiger partial charge is 0.142 e. The predicted molar refractivity (Wildman–Crippen MR) is 178 cm³/mol. The Bertz CT molecular complexity index is 1440. The largest absolute Gasteiger partial charge is 0.491 e. The highest BCUT2D eigenvalue weighted by atomic mass is 16.5. The predicted octanol–water partition coefficient (Wildman–Crippen LogP) is 9.23. The van der Waals surface area contributed by atoms with Gasteiger partial charge in [-0.25, -0.2) is 0 Å². The molecule has 0 saturated carbocycles. The summed E-state index contributed by atoms with van der Waals surface area (Å²) in [5, 5.41) is 12.3. The number of unbranched alkanes of at least 4 members (excludes halogenated alkanes) is 1. The molecule has 3 aromatic carbocycles. The fraction of sp³-hybridized carbons (Fsp3) is 0.417. The van der Waals surface area contributed by atoms with E-state index >= 15 is 0 Å². The van der Waals surface area contributed by atoms with Crippen molar-refractivity contribution in [1.29, 1.82) is 5.41 Å². The van der Waals surface area contributed by atoms with Crippen LogP contribution in [0.1, 0.15) is 69.2 Å². The molecule has 1 atom stereocenters. The van der Waals surface area contributed by atoms with Gasteiger partial charge < -0.3 is 24.6 Å². The van der Waals surface area contributed by atoms with E-state index in [1.54, 1.807) is 0 Å². The number of anilines is 3. The lowest BCUT2D eigenvalue weighted by Gasteiger charge is -2.26. The average Bonchev–Trinajstić information content (AvgIpc) is 3.10. The van der Waals surface area contributed by atoms with Crippen molar-refractivity contribution in [3.8, 4) is 17.2 Å². The number of rotatable bonds is 10. The summed E-state index contributed by atoms with van der Waals surface area (Å²) in [6.07, 6.45) is 5.50. The number of nitrogens with zero attached hydrogens (tertiary/aromatic N) is 2. The third-order valence-electron chi connectivity index (χ3n) is 7.95. The van der Waals surface area contributed by atoms with Crippen molar-refractivity contribution in [3.05, 3.63) is 82.6 Å². The molecule has 0 fully saturated rings. The zero-order chi connectivity index (χ0) is 30.4. The van der Waals surface area contributed by atoms with Gasteiger partial charge in [0, 0.05) is 49.2 Å². The molecule has 0 aliphatic carbocycles. The van der Waals surface area contributed by atoms with E-state index < -0.39 is 0 Å². The van der Waals surface area contributed by atoms with E-state index in [0.29, 0.717) is 18.4 Å². The highest BCUT2D eigenvalue weighted by molar-refractivity contribution is 6.08. The molecule has 0 bridgehead atoms. The second-order valence-electron chi connectivity index (χ2n) is 11.8. The second-order valence-corrected chi connectivity index (χ2v) is 11.8. The van der Waals surface area contributed by atoms with E-state index in [1.165, 1.54) is 5.57 Å². The number of aryl methyl sites for hydroxylation is 3. The fourth-order valence-corrected chi connectivity index (χ4v) is 5.38. The molecular formula is C36H48N4O2. The summed E-state index contributed by atoms with van der Waals surface area (Å²) >= 11 is 0. The number of hydrogen-bond donors (Lipinski definition) is 2. The van der Waals surface area contributed by atoms with E-state index in [4.69, 9.17) is 14.9 Å². The molecule has 42 heavy (non-hydrogen) atoms. The average molecular weight is 569 g/mol. The quantitative estimate of drug-likeness (QED) is 0.189. The normalized spacial score (nSPS) is 15.0. The van der Waals surface area contributed by atoms with Gasteiger partial charge in [0.2, 0.25) is 0 Å². The van der Waals surface area contributed by atoms with Gasteiger partial charge >= 0.3 is 0 Å². The Morgan fingerprint density at radius 2 is 1.86 bits per heavy atom. The minimum absolute atomic E-state index is 0.374. The van der Waals surface area contributed by atoms with Crippen LogP contribution in [0.2, 0.25) is 0 Å².